The van der Waals surface area contributed by atoms with Crippen LogP contribution in [0.2, 0.25) is 0 Å². The van der Waals surface area contributed by atoms with Crippen LogP contribution in [-0.2, 0) is 9.59 Å². The number of carbonyl (C=O) groups excluding carboxylic acids is 2. The van der Waals surface area contributed by atoms with E-state index in [9.17, 15) is 9.59 Å². The molecule has 5 nitrogen and oxygen atoms in total. The van der Waals surface area contributed by atoms with Crippen LogP contribution in [0.4, 0.5) is 0 Å². The van der Waals surface area contributed by atoms with Crippen molar-refractivity contribution in [2.45, 2.75) is 45.6 Å². The number of unbranched alkanes of at least 4 members (excludes halogenated alkanes) is 3. The third-order valence-electron chi connectivity index (χ3n) is 3.24. The molecule has 0 saturated heterocycles. The normalized spacial score (nSPS) is 12.2. The average molecular weight is 372 g/mol. The summed E-state index contributed by atoms with van der Waals surface area (Å²) in [6, 6.07) is -0.607. The Kier molecular flexibility index (Phi) is 14.6. The maximum atomic E-state index is 12.0. The van der Waals surface area contributed by atoms with Crippen LogP contribution in [0.5, 0.6) is 0 Å². The van der Waals surface area contributed by atoms with E-state index in [1.165, 1.54) is 0 Å². The smallest absolute Gasteiger partial charge is 0.243 e. The predicted octanol–water partition coefficient (Wildman–Crippen LogP) is 1.41. The number of nitrogens with two attached hydrogens (primary N) is 1. The van der Waals surface area contributed by atoms with Crippen molar-refractivity contribution in [1.82, 2.24) is 10.6 Å². The Morgan fingerprint density at radius 2 is 1.73 bits per heavy atom. The number of nitrogens with one attached hydrogen (secondary N) is 2. The Hall–Kier alpha value is -0.110. The van der Waals surface area contributed by atoms with Crippen molar-refractivity contribution in [1.29, 1.82) is 0 Å². The molecule has 8 heteroatoms. The van der Waals surface area contributed by atoms with Crippen molar-refractivity contribution in [3.63, 3.8) is 0 Å². The first kappa shape index (κ1) is 24.1. The zero-order chi connectivity index (χ0) is 16.3. The molecule has 0 fully saturated rings. The quantitative estimate of drug-likeness (QED) is 0.281. The van der Waals surface area contributed by atoms with E-state index in [0.717, 1.165) is 25.7 Å². The van der Waals surface area contributed by atoms with Crippen molar-refractivity contribution in [3.05, 3.63) is 0 Å². The highest BCUT2D eigenvalue weighted by molar-refractivity contribution is 7.80. The highest BCUT2D eigenvalue weighted by Crippen LogP contribution is 2.17. The minimum Gasteiger partial charge on any atom is -0.354 e. The number of halogens is 1. The molecular formula is C14H30ClN3O2S2. The van der Waals surface area contributed by atoms with Gasteiger partial charge in [-0.1, -0.05) is 26.7 Å². The van der Waals surface area contributed by atoms with Gasteiger partial charge in [-0.05, 0) is 19.4 Å². The van der Waals surface area contributed by atoms with Crippen molar-refractivity contribution in [2.24, 2.45) is 11.1 Å². The second kappa shape index (κ2) is 13.3. The molecule has 0 bridgehead atoms. The lowest BCUT2D eigenvalue weighted by atomic mass is 9.95. The first-order valence-corrected chi connectivity index (χ1v) is 8.66. The highest BCUT2D eigenvalue weighted by Gasteiger charge is 2.29. The number of hydrogen-bond acceptors (Lipinski definition) is 5. The van der Waals surface area contributed by atoms with Gasteiger partial charge in [0.15, 0.2) is 0 Å². The molecule has 0 rings (SSSR count). The zero-order valence-electron chi connectivity index (χ0n) is 13.4. The van der Waals surface area contributed by atoms with Crippen LogP contribution in [0, 0.1) is 5.41 Å². The van der Waals surface area contributed by atoms with E-state index in [0.29, 0.717) is 18.8 Å². The van der Waals surface area contributed by atoms with Gasteiger partial charge in [0.25, 0.3) is 0 Å². The van der Waals surface area contributed by atoms with E-state index < -0.39 is 11.5 Å². The minimum atomic E-state index is -0.607. The van der Waals surface area contributed by atoms with Crippen LogP contribution < -0.4 is 16.4 Å². The monoisotopic (exact) mass is 371 g/mol. The average Bonchev–Trinajstić information content (AvgIpc) is 2.47. The summed E-state index contributed by atoms with van der Waals surface area (Å²) < 4.78 is 0. The molecule has 0 aliphatic carbocycles. The molecule has 132 valence electrons. The van der Waals surface area contributed by atoms with Crippen molar-refractivity contribution >= 4 is 49.5 Å². The molecule has 0 spiro atoms. The number of amides is 2. The highest BCUT2D eigenvalue weighted by atomic mass is 35.5. The summed E-state index contributed by atoms with van der Waals surface area (Å²) in [6.45, 7) is 4.90. The Morgan fingerprint density at radius 1 is 1.14 bits per heavy atom. The van der Waals surface area contributed by atoms with Crippen molar-refractivity contribution < 1.29 is 9.59 Å². The lowest BCUT2D eigenvalue weighted by Crippen LogP contribution is -2.52. The number of hydrogen-bond donors (Lipinski definition) is 5. The third kappa shape index (κ3) is 9.82. The standard InChI is InChI=1S/C14H29N3O2S2.ClH/c1-14(2,10-21)13(19)17-11(9-20)12(18)16-8-6-4-3-5-7-15;/h11,20-21H,3-10,15H2,1-2H3,(H,16,18)(H,17,19);1H/t11-;/m0./s1. The molecular weight excluding hydrogens is 342 g/mol. The van der Waals surface area contributed by atoms with Crippen LogP contribution in [0.1, 0.15) is 39.5 Å². The Labute approximate surface area is 151 Å². The maximum absolute atomic E-state index is 12.0. The van der Waals surface area contributed by atoms with Crippen LogP contribution in [0.15, 0.2) is 0 Å². The van der Waals surface area contributed by atoms with Gasteiger partial charge in [-0.3, -0.25) is 9.59 Å². The first-order valence-electron chi connectivity index (χ1n) is 7.39. The van der Waals surface area contributed by atoms with E-state index in [1.54, 1.807) is 13.8 Å². The van der Waals surface area contributed by atoms with Gasteiger partial charge in [0.05, 0.1) is 5.41 Å². The van der Waals surface area contributed by atoms with Gasteiger partial charge in [0, 0.05) is 18.1 Å². The summed E-state index contributed by atoms with van der Waals surface area (Å²) in [5.41, 5.74) is 4.81. The summed E-state index contributed by atoms with van der Waals surface area (Å²) in [5, 5.41) is 5.56. The molecule has 0 aromatic heterocycles. The Bertz CT molecular complexity index is 331. The van der Waals surface area contributed by atoms with Crippen LogP contribution in [-0.4, -0.2) is 42.5 Å². The molecule has 2 amide bonds. The van der Waals surface area contributed by atoms with Gasteiger partial charge >= 0.3 is 0 Å². The lowest BCUT2D eigenvalue weighted by Gasteiger charge is -2.24. The van der Waals surface area contributed by atoms with Crippen molar-refractivity contribution in [3.8, 4) is 0 Å². The predicted molar refractivity (Wildman–Crippen MR) is 101 cm³/mol. The summed E-state index contributed by atoms with van der Waals surface area (Å²) >= 11 is 8.29. The largest absolute Gasteiger partial charge is 0.354 e. The molecule has 0 aliphatic heterocycles. The Balaban J connectivity index is 0. The number of carbonyl (C=O) groups is 2. The first-order chi connectivity index (χ1) is 9.88. The minimum absolute atomic E-state index is 0. The van der Waals surface area contributed by atoms with Gasteiger partial charge in [-0.25, -0.2) is 0 Å². The summed E-state index contributed by atoms with van der Waals surface area (Å²) in [6.07, 6.45) is 4.06. The maximum Gasteiger partial charge on any atom is 0.243 e. The van der Waals surface area contributed by atoms with Gasteiger partial charge in [-0.2, -0.15) is 25.3 Å². The van der Waals surface area contributed by atoms with Crippen LogP contribution in [0.25, 0.3) is 0 Å². The molecule has 4 N–H and O–H groups in total. The lowest BCUT2D eigenvalue weighted by molar-refractivity contribution is -0.132. The fourth-order valence-electron chi connectivity index (χ4n) is 1.58. The SMILES string of the molecule is CC(C)(CS)C(=O)N[C@@H](CS)C(=O)NCCCCCCN.Cl. The fourth-order valence-corrected chi connectivity index (χ4v) is 1.98. The molecule has 1 atom stereocenters. The van der Waals surface area contributed by atoms with Crippen LogP contribution >= 0.6 is 37.7 Å². The molecule has 0 aromatic carbocycles. The van der Waals surface area contributed by atoms with E-state index in [2.05, 4.69) is 35.9 Å². The van der Waals surface area contributed by atoms with Gasteiger partial charge in [0.1, 0.15) is 6.04 Å². The molecule has 0 aromatic rings. The van der Waals surface area contributed by atoms with Crippen LogP contribution in [0.3, 0.4) is 0 Å². The summed E-state index contributed by atoms with van der Waals surface area (Å²) in [4.78, 5) is 24.0. The zero-order valence-corrected chi connectivity index (χ0v) is 16.0. The van der Waals surface area contributed by atoms with E-state index in [1.807, 2.05) is 0 Å². The second-order valence-corrected chi connectivity index (χ2v) is 6.43. The number of thiol groups is 2. The molecule has 0 radical (unpaired) electrons. The van der Waals surface area contributed by atoms with Gasteiger partial charge in [0.2, 0.25) is 11.8 Å². The summed E-state index contributed by atoms with van der Waals surface area (Å²) in [5.74, 6) is 0.315. The topological polar surface area (TPSA) is 84.2 Å². The molecule has 22 heavy (non-hydrogen) atoms. The van der Waals surface area contributed by atoms with Crippen molar-refractivity contribution in [2.75, 3.05) is 24.6 Å². The molecule has 0 aliphatic rings. The molecule has 0 heterocycles. The molecule has 0 saturated carbocycles. The second-order valence-electron chi connectivity index (χ2n) is 5.74. The Morgan fingerprint density at radius 3 is 2.23 bits per heavy atom. The van der Waals surface area contributed by atoms with E-state index in [4.69, 9.17) is 5.73 Å². The fraction of sp³-hybridized carbons (Fsp3) is 0.857. The third-order valence-corrected chi connectivity index (χ3v) is 4.40. The van der Waals surface area contributed by atoms with Gasteiger partial charge < -0.3 is 16.4 Å². The number of rotatable bonds is 11. The van der Waals surface area contributed by atoms with E-state index in [-0.39, 0.29) is 30.0 Å². The summed E-state index contributed by atoms with van der Waals surface area (Å²) in [7, 11) is 0. The van der Waals surface area contributed by atoms with E-state index >= 15 is 0 Å². The molecule has 0 unspecified atom stereocenters. The van der Waals surface area contributed by atoms with Gasteiger partial charge in [-0.15, -0.1) is 12.4 Å².